The zero-order valence-corrected chi connectivity index (χ0v) is 23.6. The number of halogens is 2. The van der Waals surface area contributed by atoms with E-state index >= 15 is 4.39 Å². The third-order valence-electron chi connectivity index (χ3n) is 7.44. The van der Waals surface area contributed by atoms with Gasteiger partial charge in [-0.2, -0.15) is 0 Å². The number of methoxy groups -OCH3 is 1. The lowest BCUT2D eigenvalue weighted by Crippen LogP contribution is -2.59. The van der Waals surface area contributed by atoms with Crippen LogP contribution in [0.15, 0.2) is 71.9 Å². The van der Waals surface area contributed by atoms with Gasteiger partial charge in [0, 0.05) is 58.3 Å². The highest BCUT2D eigenvalue weighted by molar-refractivity contribution is 6.31. The molecule has 1 amide bonds. The Morgan fingerprint density at radius 1 is 1.10 bits per heavy atom. The molecule has 208 valence electrons. The Bertz CT molecular complexity index is 1690. The number of carbonyl (C=O) groups excluding carboxylic acids is 1. The van der Waals surface area contributed by atoms with Gasteiger partial charge in [0.25, 0.3) is 5.91 Å². The summed E-state index contributed by atoms with van der Waals surface area (Å²) in [6.07, 6.45) is 1.71. The molecule has 2 aliphatic rings. The van der Waals surface area contributed by atoms with Crippen LogP contribution in [0.4, 0.5) is 16.0 Å². The van der Waals surface area contributed by atoms with E-state index < -0.39 is 5.82 Å². The van der Waals surface area contributed by atoms with Gasteiger partial charge in [0.05, 0.1) is 30.6 Å². The van der Waals surface area contributed by atoms with E-state index in [2.05, 4.69) is 15.2 Å². The minimum atomic E-state index is -0.446. The second-order valence-corrected chi connectivity index (χ2v) is 10.7. The van der Waals surface area contributed by atoms with Crippen LogP contribution in [0.5, 0.6) is 5.75 Å². The molecule has 10 heteroatoms. The predicted octanol–water partition coefficient (Wildman–Crippen LogP) is 5.43. The molecule has 0 spiro atoms. The fourth-order valence-electron chi connectivity index (χ4n) is 5.09. The first-order valence-corrected chi connectivity index (χ1v) is 13.6. The van der Waals surface area contributed by atoms with Gasteiger partial charge in [0.15, 0.2) is 0 Å². The maximum absolute atomic E-state index is 15.1. The number of nitrogens with one attached hydrogen (secondary N) is 1. The van der Waals surface area contributed by atoms with Crippen LogP contribution >= 0.6 is 11.6 Å². The monoisotopic (exact) mass is 570 g/mol. The molecule has 0 unspecified atom stereocenters. The van der Waals surface area contributed by atoms with E-state index in [0.717, 1.165) is 11.1 Å². The summed E-state index contributed by atoms with van der Waals surface area (Å²) in [5, 5.41) is 3.73. The summed E-state index contributed by atoms with van der Waals surface area (Å²) < 4.78 is 20.6. The maximum Gasteiger partial charge on any atom is 0.254 e. The normalized spacial score (nSPS) is 14.5. The summed E-state index contributed by atoms with van der Waals surface area (Å²) in [7, 11) is 5.54. The molecular weight excluding hydrogens is 543 g/mol. The predicted molar refractivity (Wildman–Crippen MR) is 158 cm³/mol. The van der Waals surface area contributed by atoms with Gasteiger partial charge in [0.1, 0.15) is 11.6 Å². The third kappa shape index (κ3) is 5.14. The summed E-state index contributed by atoms with van der Waals surface area (Å²) >= 11 is 6.40. The number of nitrogens with zero attached hydrogens (tertiary/aromatic N) is 5. The average molecular weight is 571 g/mol. The average Bonchev–Trinajstić information content (AvgIpc) is 3.08. The first-order valence-electron chi connectivity index (χ1n) is 13.2. The Labute approximate surface area is 242 Å². The number of ether oxygens (including phenoxy) is 1. The van der Waals surface area contributed by atoms with Gasteiger partial charge in [0.2, 0.25) is 5.95 Å². The lowest BCUT2D eigenvalue weighted by molar-refractivity contribution is 0.0399. The Kier molecular flexibility index (Phi) is 7.15. The van der Waals surface area contributed by atoms with E-state index in [4.69, 9.17) is 26.3 Å². The van der Waals surface area contributed by atoms with Crippen LogP contribution in [-0.2, 0) is 6.54 Å². The fraction of sp³-hybridized carbons (Fsp3) is 0.226. The minimum Gasteiger partial charge on any atom is -0.496 e. The first kappa shape index (κ1) is 26.9. The van der Waals surface area contributed by atoms with Gasteiger partial charge in [-0.3, -0.25) is 9.79 Å². The molecule has 1 saturated heterocycles. The number of carbonyl (C=O) groups is 1. The van der Waals surface area contributed by atoms with Crippen molar-refractivity contribution in [3.05, 3.63) is 100.0 Å². The Hall–Kier alpha value is -4.34. The van der Waals surface area contributed by atoms with Gasteiger partial charge in [-0.15, -0.1) is 0 Å². The summed E-state index contributed by atoms with van der Waals surface area (Å²) in [5.74, 6) is 0.281. The molecule has 0 atom stereocenters. The van der Waals surface area contributed by atoms with Crippen molar-refractivity contribution in [1.82, 2.24) is 19.8 Å². The molecule has 0 radical (unpaired) electrons. The fourth-order valence-corrected chi connectivity index (χ4v) is 5.26. The zero-order chi connectivity index (χ0) is 28.7. The summed E-state index contributed by atoms with van der Waals surface area (Å²) in [6.45, 7) is 1.66. The molecule has 4 aromatic rings. The quantitative estimate of drug-likeness (QED) is 0.333. The number of hydrogen-bond acceptors (Lipinski definition) is 7. The van der Waals surface area contributed by atoms with Gasteiger partial charge in [-0.25, -0.2) is 14.4 Å². The van der Waals surface area contributed by atoms with Crippen molar-refractivity contribution in [1.29, 1.82) is 0 Å². The smallest absolute Gasteiger partial charge is 0.254 e. The molecular formula is C31H28ClFN6O2. The van der Waals surface area contributed by atoms with Crippen molar-refractivity contribution >= 4 is 34.9 Å². The van der Waals surface area contributed by atoms with Gasteiger partial charge < -0.3 is 19.9 Å². The van der Waals surface area contributed by atoms with Crippen LogP contribution in [0, 0.1) is 5.82 Å². The summed E-state index contributed by atoms with van der Waals surface area (Å²) in [4.78, 5) is 31.1. The Morgan fingerprint density at radius 2 is 1.90 bits per heavy atom. The van der Waals surface area contributed by atoms with E-state index in [1.165, 1.54) is 13.2 Å². The molecule has 6 rings (SSSR count). The molecule has 1 aromatic heterocycles. The van der Waals surface area contributed by atoms with Crippen molar-refractivity contribution in [2.24, 2.45) is 4.99 Å². The van der Waals surface area contributed by atoms with Crippen molar-refractivity contribution < 1.29 is 13.9 Å². The third-order valence-corrected chi connectivity index (χ3v) is 7.68. The van der Waals surface area contributed by atoms with E-state index in [-0.39, 0.29) is 18.0 Å². The summed E-state index contributed by atoms with van der Waals surface area (Å²) in [6, 6.07) is 17.8. The van der Waals surface area contributed by atoms with Gasteiger partial charge >= 0.3 is 0 Å². The van der Waals surface area contributed by atoms with E-state index in [0.29, 0.717) is 64.1 Å². The highest BCUT2D eigenvalue weighted by Gasteiger charge is 2.32. The second-order valence-electron chi connectivity index (χ2n) is 10.3. The zero-order valence-electron chi connectivity index (χ0n) is 22.9. The van der Waals surface area contributed by atoms with Crippen molar-refractivity contribution in [3.8, 4) is 17.0 Å². The minimum absolute atomic E-state index is 0.00588. The number of likely N-dealkylation sites (N-methyl/N-ethyl adjacent to an activating group) is 1. The highest BCUT2D eigenvalue weighted by atomic mass is 35.5. The standard InChI is InChI=1S/C31H28ClFN6O2/c1-38(2)22-16-39(17-22)30(40)18-6-4-7-21(12-18)36-31-35-15-19-14-34-29(27-25(33)8-5-9-26(27)41-3)24-13-20(32)10-11-23(24)28(19)37-31/h4-13,15,22H,14,16-17H2,1-3H3,(H,35,36,37). The van der Waals surface area contributed by atoms with Crippen LogP contribution in [-0.4, -0.2) is 71.7 Å². The number of aromatic nitrogens is 2. The number of benzene rings is 3. The molecule has 0 saturated carbocycles. The van der Waals surface area contributed by atoms with Crippen LogP contribution in [0.3, 0.4) is 0 Å². The first-order chi connectivity index (χ1) is 19.8. The van der Waals surface area contributed by atoms with Crippen LogP contribution in [0.1, 0.15) is 27.0 Å². The highest BCUT2D eigenvalue weighted by Crippen LogP contribution is 2.36. The maximum atomic E-state index is 15.1. The molecule has 1 fully saturated rings. The molecule has 3 heterocycles. The van der Waals surface area contributed by atoms with Crippen molar-refractivity contribution in [2.45, 2.75) is 12.6 Å². The van der Waals surface area contributed by atoms with E-state index in [1.807, 2.05) is 43.3 Å². The Balaban J connectivity index is 1.32. The van der Waals surface area contributed by atoms with E-state index in [1.54, 1.807) is 36.5 Å². The number of amides is 1. The number of likely N-dealkylation sites (tertiary alicyclic amines) is 1. The number of aliphatic imine (C=N–C) groups is 1. The topological polar surface area (TPSA) is 83.0 Å². The Morgan fingerprint density at radius 3 is 2.68 bits per heavy atom. The number of hydrogen-bond donors (Lipinski definition) is 1. The summed E-state index contributed by atoms with van der Waals surface area (Å²) in [5.41, 5.74) is 4.80. The number of fused-ring (bicyclic) bond motifs is 3. The van der Waals surface area contributed by atoms with Gasteiger partial charge in [-0.1, -0.05) is 29.8 Å². The molecule has 1 N–H and O–H groups in total. The molecule has 8 nitrogen and oxygen atoms in total. The molecule has 0 bridgehead atoms. The van der Waals surface area contributed by atoms with Gasteiger partial charge in [-0.05, 0) is 56.6 Å². The van der Waals surface area contributed by atoms with Crippen LogP contribution in [0.2, 0.25) is 5.02 Å². The van der Waals surface area contributed by atoms with Crippen LogP contribution in [0.25, 0.3) is 11.3 Å². The lowest BCUT2D eigenvalue weighted by Gasteiger charge is -2.42. The number of rotatable bonds is 6. The molecule has 3 aromatic carbocycles. The van der Waals surface area contributed by atoms with Crippen molar-refractivity contribution in [2.75, 3.05) is 39.6 Å². The van der Waals surface area contributed by atoms with Crippen LogP contribution < -0.4 is 10.1 Å². The largest absolute Gasteiger partial charge is 0.496 e. The second kappa shape index (κ2) is 10.9. The molecule has 2 aliphatic heterocycles. The van der Waals surface area contributed by atoms with E-state index in [9.17, 15) is 4.79 Å². The molecule has 0 aliphatic carbocycles. The number of anilines is 2. The SMILES string of the molecule is COc1cccc(F)c1C1=NCc2cnc(Nc3cccc(C(=O)N4CC(N(C)C)C4)c3)nc2-c2ccc(Cl)cc21. The molecule has 41 heavy (non-hydrogen) atoms. The lowest BCUT2D eigenvalue weighted by atomic mass is 9.94. The van der Waals surface area contributed by atoms with Crippen molar-refractivity contribution in [3.63, 3.8) is 0 Å².